The van der Waals surface area contributed by atoms with Crippen molar-refractivity contribution in [3.63, 3.8) is 0 Å². The minimum atomic E-state index is -1.21. The first-order chi connectivity index (χ1) is 16.2. The van der Waals surface area contributed by atoms with Crippen molar-refractivity contribution in [1.29, 1.82) is 0 Å². The van der Waals surface area contributed by atoms with Crippen LogP contribution in [0.5, 0.6) is 5.75 Å². The number of para-hydroxylation sites is 1. The Hall–Kier alpha value is -2.39. The summed E-state index contributed by atoms with van der Waals surface area (Å²) in [6.07, 6.45) is 7.20. The van der Waals surface area contributed by atoms with Gasteiger partial charge in [0, 0.05) is 12.0 Å². The number of benzene rings is 1. The van der Waals surface area contributed by atoms with Crippen molar-refractivity contribution in [2.75, 3.05) is 11.9 Å². The highest BCUT2D eigenvalue weighted by atomic mass is 79.9. The van der Waals surface area contributed by atoms with Gasteiger partial charge in [0.05, 0.1) is 15.0 Å². The molecule has 0 unspecified atom stereocenters. The van der Waals surface area contributed by atoms with Gasteiger partial charge in [0.2, 0.25) is 5.91 Å². The molecule has 0 bridgehead atoms. The fraction of sp³-hybridized carbons (Fsp3) is 0.480. The minimum Gasteiger partial charge on any atom is -0.479 e. The van der Waals surface area contributed by atoms with E-state index in [1.165, 1.54) is 19.3 Å². The number of rotatable bonds is 10. The van der Waals surface area contributed by atoms with E-state index in [1.54, 1.807) is 0 Å². The van der Waals surface area contributed by atoms with Gasteiger partial charge in [-0.3, -0.25) is 4.79 Å². The molecule has 1 aromatic heterocycles. The Morgan fingerprint density at radius 2 is 1.88 bits per heavy atom. The van der Waals surface area contributed by atoms with Gasteiger partial charge < -0.3 is 20.3 Å². The summed E-state index contributed by atoms with van der Waals surface area (Å²) in [7, 11) is 0. The van der Waals surface area contributed by atoms with Crippen LogP contribution in [0.3, 0.4) is 0 Å². The second-order valence-corrected chi connectivity index (χ2v) is 10.9. The second kappa shape index (κ2) is 11.8. The van der Waals surface area contributed by atoms with Gasteiger partial charge in [0.15, 0.2) is 17.2 Å². The lowest BCUT2D eigenvalue weighted by molar-refractivity contribution is -0.139. The Balaban J connectivity index is 2.08. The van der Waals surface area contributed by atoms with Crippen molar-refractivity contribution in [3.05, 3.63) is 33.1 Å². The SMILES string of the molecule is CC(C)CC(=O)Nc1c(CC2CCCCC2)cccc1-c1sc(C(=O)O)c(OCC(=O)O)c1Br. The lowest BCUT2D eigenvalue weighted by Gasteiger charge is -2.24. The van der Waals surface area contributed by atoms with Crippen molar-refractivity contribution >= 4 is 50.8 Å². The number of carbonyl (C=O) groups is 3. The third-order valence-electron chi connectivity index (χ3n) is 5.83. The highest BCUT2D eigenvalue weighted by molar-refractivity contribution is 9.10. The lowest BCUT2D eigenvalue weighted by atomic mass is 9.84. The summed E-state index contributed by atoms with van der Waals surface area (Å²) in [5.41, 5.74) is 2.39. The average Bonchev–Trinajstić information content (AvgIpc) is 3.10. The van der Waals surface area contributed by atoms with Crippen molar-refractivity contribution in [2.45, 2.75) is 58.8 Å². The Kier molecular flexibility index (Phi) is 9.13. The molecule has 1 aliphatic rings. The van der Waals surface area contributed by atoms with E-state index < -0.39 is 18.5 Å². The summed E-state index contributed by atoms with van der Waals surface area (Å²) in [5, 5.41) is 21.8. The normalized spacial score (nSPS) is 14.2. The van der Waals surface area contributed by atoms with E-state index >= 15 is 0 Å². The number of anilines is 1. The maximum absolute atomic E-state index is 12.8. The van der Waals surface area contributed by atoms with Crippen LogP contribution in [0, 0.1) is 11.8 Å². The Morgan fingerprint density at radius 3 is 2.50 bits per heavy atom. The molecule has 0 aliphatic heterocycles. The van der Waals surface area contributed by atoms with Gasteiger partial charge >= 0.3 is 11.9 Å². The Bertz CT molecular complexity index is 1060. The predicted octanol–water partition coefficient (Wildman–Crippen LogP) is 6.45. The molecule has 0 atom stereocenters. The number of thiophene rings is 1. The highest BCUT2D eigenvalue weighted by Crippen LogP contribution is 2.48. The molecule has 2 aromatic rings. The largest absolute Gasteiger partial charge is 0.479 e. The number of nitrogens with one attached hydrogen (secondary N) is 1. The number of carbonyl (C=O) groups excluding carboxylic acids is 1. The molecule has 1 saturated carbocycles. The molecule has 9 heteroatoms. The molecule has 1 fully saturated rings. The molecule has 0 radical (unpaired) electrons. The second-order valence-electron chi connectivity index (χ2n) is 9.08. The molecule has 184 valence electrons. The highest BCUT2D eigenvalue weighted by Gasteiger charge is 2.27. The fourth-order valence-corrected chi connectivity index (χ4v) is 6.25. The molecular formula is C25H30BrNO6S. The monoisotopic (exact) mass is 551 g/mol. The Morgan fingerprint density at radius 1 is 1.18 bits per heavy atom. The van der Waals surface area contributed by atoms with Crippen LogP contribution in [-0.2, 0) is 16.0 Å². The number of amides is 1. The first-order valence-electron chi connectivity index (χ1n) is 11.5. The zero-order chi connectivity index (χ0) is 24.8. The van der Waals surface area contributed by atoms with Crippen LogP contribution in [-0.4, -0.2) is 34.7 Å². The summed E-state index contributed by atoms with van der Waals surface area (Å²) < 4.78 is 5.68. The van der Waals surface area contributed by atoms with Crippen LogP contribution in [0.25, 0.3) is 10.4 Å². The standard InChI is InChI=1S/C25H30BrNO6S/c1-14(2)11-18(28)27-21-16(12-15-7-4-3-5-8-15)9-6-10-17(21)23-20(26)22(33-13-19(29)30)24(34-23)25(31)32/h6,9-10,14-15H,3-5,7-8,11-13H2,1-2H3,(H,27,28)(H,29,30)(H,31,32). The smallest absolute Gasteiger partial charge is 0.349 e. The van der Waals surface area contributed by atoms with Gasteiger partial charge in [-0.25, -0.2) is 9.59 Å². The van der Waals surface area contributed by atoms with Gasteiger partial charge in [-0.1, -0.05) is 64.2 Å². The summed E-state index contributed by atoms with van der Waals surface area (Å²) in [6, 6.07) is 5.78. The van der Waals surface area contributed by atoms with E-state index in [1.807, 2.05) is 32.0 Å². The van der Waals surface area contributed by atoms with Crippen LogP contribution < -0.4 is 10.1 Å². The third-order valence-corrected chi connectivity index (χ3v) is 8.04. The maximum atomic E-state index is 12.8. The van der Waals surface area contributed by atoms with E-state index in [0.29, 0.717) is 32.9 Å². The van der Waals surface area contributed by atoms with Crippen LogP contribution in [0.15, 0.2) is 22.7 Å². The molecule has 1 amide bonds. The topological polar surface area (TPSA) is 113 Å². The van der Waals surface area contributed by atoms with E-state index in [-0.39, 0.29) is 22.5 Å². The number of aliphatic carboxylic acids is 1. The first-order valence-corrected chi connectivity index (χ1v) is 13.1. The summed E-state index contributed by atoms with van der Waals surface area (Å²) in [6.45, 7) is 3.31. The molecule has 0 saturated heterocycles. The number of hydrogen-bond donors (Lipinski definition) is 3. The fourth-order valence-electron chi connectivity index (χ4n) is 4.34. The number of aromatic carboxylic acids is 1. The Labute approximate surface area is 211 Å². The van der Waals surface area contributed by atoms with Gasteiger partial charge in [0.1, 0.15) is 0 Å². The number of halogens is 1. The molecule has 1 heterocycles. The predicted molar refractivity (Wildman–Crippen MR) is 136 cm³/mol. The summed E-state index contributed by atoms with van der Waals surface area (Å²) in [5.74, 6) is -1.79. The first kappa shape index (κ1) is 26.2. The zero-order valence-corrected chi connectivity index (χ0v) is 21.8. The van der Waals surface area contributed by atoms with Crippen LogP contribution >= 0.6 is 27.3 Å². The molecular weight excluding hydrogens is 522 g/mol. The van der Waals surface area contributed by atoms with Crippen molar-refractivity contribution < 1.29 is 29.3 Å². The lowest BCUT2D eigenvalue weighted by Crippen LogP contribution is -2.17. The quantitative estimate of drug-likeness (QED) is 0.312. The molecule has 1 aromatic carbocycles. The van der Waals surface area contributed by atoms with E-state index in [9.17, 15) is 19.5 Å². The van der Waals surface area contributed by atoms with Gasteiger partial charge in [-0.2, -0.15) is 0 Å². The van der Waals surface area contributed by atoms with E-state index in [2.05, 4.69) is 21.2 Å². The van der Waals surface area contributed by atoms with E-state index in [4.69, 9.17) is 9.84 Å². The molecule has 3 N–H and O–H groups in total. The van der Waals surface area contributed by atoms with Crippen LogP contribution in [0.4, 0.5) is 5.69 Å². The maximum Gasteiger partial charge on any atom is 0.349 e. The minimum absolute atomic E-state index is 0.0213. The van der Waals surface area contributed by atoms with Gasteiger partial charge in [0.25, 0.3) is 0 Å². The molecule has 1 aliphatic carbocycles. The third kappa shape index (κ3) is 6.60. The van der Waals surface area contributed by atoms with Crippen LogP contribution in [0.1, 0.15) is 67.6 Å². The van der Waals surface area contributed by atoms with Crippen LogP contribution in [0.2, 0.25) is 0 Å². The molecule has 7 nitrogen and oxygen atoms in total. The van der Waals surface area contributed by atoms with Gasteiger partial charge in [-0.05, 0) is 39.8 Å². The summed E-state index contributed by atoms with van der Waals surface area (Å²) in [4.78, 5) is 36.1. The number of carboxylic acid groups (broad SMARTS) is 2. The molecule has 34 heavy (non-hydrogen) atoms. The molecule has 3 rings (SSSR count). The number of hydrogen-bond acceptors (Lipinski definition) is 5. The van der Waals surface area contributed by atoms with Gasteiger partial charge in [-0.15, -0.1) is 11.3 Å². The van der Waals surface area contributed by atoms with Crippen molar-refractivity contribution in [1.82, 2.24) is 0 Å². The zero-order valence-electron chi connectivity index (χ0n) is 19.4. The summed E-state index contributed by atoms with van der Waals surface area (Å²) >= 11 is 4.43. The van der Waals surface area contributed by atoms with E-state index in [0.717, 1.165) is 36.2 Å². The number of carboxylic acids is 2. The molecule has 0 spiro atoms. The van der Waals surface area contributed by atoms with Crippen molar-refractivity contribution in [3.8, 4) is 16.2 Å². The number of ether oxygens (including phenoxy) is 1. The van der Waals surface area contributed by atoms with Crippen molar-refractivity contribution in [2.24, 2.45) is 11.8 Å². The average molecular weight is 552 g/mol.